The molecule has 1 saturated carbocycles. The quantitative estimate of drug-likeness (QED) is 0.621. The van der Waals surface area contributed by atoms with Crippen LogP contribution in [0.2, 0.25) is 0 Å². The number of likely N-dealkylation sites (tertiary alicyclic amines) is 1. The number of methoxy groups -OCH3 is 1. The number of esters is 1. The van der Waals surface area contributed by atoms with Gasteiger partial charge in [-0.15, -0.1) is 0 Å². The number of carbonyl (C=O) groups is 1. The summed E-state index contributed by atoms with van der Waals surface area (Å²) in [6.45, 7) is 4.75. The predicted molar refractivity (Wildman–Crippen MR) is 118 cm³/mol. The third-order valence-corrected chi connectivity index (χ3v) is 7.14. The second-order valence-corrected chi connectivity index (χ2v) is 8.83. The molecule has 2 aliphatic rings. The normalized spacial score (nSPS) is 21.4. The van der Waals surface area contributed by atoms with Crippen LogP contribution >= 0.6 is 0 Å². The van der Waals surface area contributed by atoms with E-state index in [1.807, 2.05) is 0 Å². The van der Waals surface area contributed by atoms with Crippen LogP contribution in [0.15, 0.2) is 48.5 Å². The first-order chi connectivity index (χ1) is 14.1. The van der Waals surface area contributed by atoms with Gasteiger partial charge in [-0.1, -0.05) is 61.4 Å². The Hall–Kier alpha value is -2.13. The van der Waals surface area contributed by atoms with Gasteiger partial charge in [0.2, 0.25) is 0 Å². The molecule has 0 radical (unpaired) electrons. The van der Waals surface area contributed by atoms with Crippen molar-refractivity contribution in [1.82, 2.24) is 4.90 Å². The molecule has 154 valence electrons. The summed E-state index contributed by atoms with van der Waals surface area (Å²) in [4.78, 5) is 15.1. The molecule has 3 heteroatoms. The van der Waals surface area contributed by atoms with Crippen molar-refractivity contribution in [3.63, 3.8) is 0 Å². The summed E-state index contributed by atoms with van der Waals surface area (Å²) in [5.41, 5.74) is 4.49. The number of hydrogen-bond donors (Lipinski definition) is 0. The highest BCUT2D eigenvalue weighted by Gasteiger charge is 2.43. The van der Waals surface area contributed by atoms with E-state index < -0.39 is 5.41 Å². The van der Waals surface area contributed by atoms with Gasteiger partial charge in [0.05, 0.1) is 12.5 Å². The van der Waals surface area contributed by atoms with E-state index in [0.29, 0.717) is 0 Å². The Balaban J connectivity index is 1.44. The first-order valence-corrected chi connectivity index (χ1v) is 11.1. The van der Waals surface area contributed by atoms with Gasteiger partial charge in [0.15, 0.2) is 0 Å². The molecule has 1 heterocycles. The van der Waals surface area contributed by atoms with Crippen molar-refractivity contribution in [2.45, 2.75) is 63.3 Å². The number of carbonyl (C=O) groups excluding carboxylic acids is 1. The lowest BCUT2D eigenvalue weighted by Crippen LogP contribution is -2.33. The Morgan fingerprint density at radius 2 is 1.62 bits per heavy atom. The number of nitrogens with zero attached hydrogens (tertiary/aromatic N) is 1. The van der Waals surface area contributed by atoms with Gasteiger partial charge >= 0.3 is 5.97 Å². The molecule has 2 aromatic rings. The zero-order valence-electron chi connectivity index (χ0n) is 17.8. The van der Waals surface area contributed by atoms with Crippen molar-refractivity contribution in [2.75, 3.05) is 20.2 Å². The standard InChI is InChI=1S/C26H33NO2/c1-20-6-5-18-27(20)19-15-21-7-9-22(10-8-21)23-11-13-24(14-12-23)26(25(28)29-2)16-3-4-17-26/h7-14,20H,3-6,15-19H2,1-2H3/t20-/m1/s1. The van der Waals surface area contributed by atoms with E-state index in [-0.39, 0.29) is 5.97 Å². The minimum Gasteiger partial charge on any atom is -0.468 e. The average Bonchev–Trinajstić information content (AvgIpc) is 3.42. The molecule has 0 N–H and O–H groups in total. The molecule has 0 spiro atoms. The SMILES string of the molecule is COC(=O)C1(c2ccc(-c3ccc(CCN4CCC[C@H]4C)cc3)cc2)CCCC1. The van der Waals surface area contributed by atoms with Crippen LogP contribution in [0.1, 0.15) is 56.6 Å². The molecule has 1 aliphatic heterocycles. The topological polar surface area (TPSA) is 29.5 Å². The highest BCUT2D eigenvalue weighted by atomic mass is 16.5. The van der Waals surface area contributed by atoms with Gasteiger partial charge in [-0.3, -0.25) is 4.79 Å². The molecule has 4 rings (SSSR count). The minimum absolute atomic E-state index is 0.0839. The summed E-state index contributed by atoms with van der Waals surface area (Å²) in [5, 5.41) is 0. The number of rotatable bonds is 6. The van der Waals surface area contributed by atoms with Crippen LogP contribution in [0.25, 0.3) is 11.1 Å². The lowest BCUT2D eigenvalue weighted by atomic mass is 9.78. The fourth-order valence-electron chi connectivity index (χ4n) is 5.23. The Bertz CT molecular complexity index is 819. The van der Waals surface area contributed by atoms with Gasteiger partial charge < -0.3 is 9.64 Å². The van der Waals surface area contributed by atoms with E-state index in [2.05, 4.69) is 60.4 Å². The van der Waals surface area contributed by atoms with E-state index in [4.69, 9.17) is 4.74 Å². The molecule has 0 bridgehead atoms. The van der Waals surface area contributed by atoms with Gasteiger partial charge in [-0.05, 0) is 67.8 Å². The number of ether oxygens (including phenoxy) is 1. The molecule has 3 nitrogen and oxygen atoms in total. The molecule has 2 aromatic carbocycles. The van der Waals surface area contributed by atoms with E-state index in [1.165, 1.54) is 43.2 Å². The zero-order chi connectivity index (χ0) is 20.3. The maximum absolute atomic E-state index is 12.5. The Kier molecular flexibility index (Phi) is 6.05. The monoisotopic (exact) mass is 391 g/mol. The highest BCUT2D eigenvalue weighted by Crippen LogP contribution is 2.42. The van der Waals surface area contributed by atoms with Crippen molar-refractivity contribution in [3.05, 3.63) is 59.7 Å². The summed E-state index contributed by atoms with van der Waals surface area (Å²) in [6, 6.07) is 18.3. The van der Waals surface area contributed by atoms with E-state index >= 15 is 0 Å². The van der Waals surface area contributed by atoms with Crippen molar-refractivity contribution >= 4 is 5.97 Å². The average molecular weight is 392 g/mol. The summed E-state index contributed by atoms with van der Waals surface area (Å²) in [7, 11) is 1.50. The van der Waals surface area contributed by atoms with E-state index in [0.717, 1.165) is 50.3 Å². The van der Waals surface area contributed by atoms with Crippen LogP contribution in [0, 0.1) is 0 Å². The van der Waals surface area contributed by atoms with Crippen LogP contribution in [0.3, 0.4) is 0 Å². The Labute approximate surface area is 175 Å². The first-order valence-electron chi connectivity index (χ1n) is 11.1. The second kappa shape index (κ2) is 8.71. The predicted octanol–water partition coefficient (Wildman–Crippen LogP) is 5.37. The second-order valence-electron chi connectivity index (χ2n) is 8.83. The van der Waals surface area contributed by atoms with Crippen molar-refractivity contribution in [3.8, 4) is 11.1 Å². The maximum Gasteiger partial charge on any atom is 0.316 e. The molecule has 0 aromatic heterocycles. The smallest absolute Gasteiger partial charge is 0.316 e. The molecular weight excluding hydrogens is 358 g/mol. The van der Waals surface area contributed by atoms with Crippen LogP contribution in [0.4, 0.5) is 0 Å². The van der Waals surface area contributed by atoms with Crippen molar-refractivity contribution in [1.29, 1.82) is 0 Å². The Morgan fingerprint density at radius 1 is 1.00 bits per heavy atom. The summed E-state index contributed by atoms with van der Waals surface area (Å²) in [6.07, 6.45) is 7.76. The zero-order valence-corrected chi connectivity index (χ0v) is 17.8. The van der Waals surface area contributed by atoms with E-state index in [1.54, 1.807) is 0 Å². The fourth-order valence-corrected chi connectivity index (χ4v) is 5.23. The molecule has 29 heavy (non-hydrogen) atoms. The summed E-state index contributed by atoms with van der Waals surface area (Å²) >= 11 is 0. The molecule has 2 fully saturated rings. The molecule has 1 atom stereocenters. The van der Waals surface area contributed by atoms with Gasteiger partial charge in [-0.25, -0.2) is 0 Å². The van der Waals surface area contributed by atoms with Gasteiger partial charge in [-0.2, -0.15) is 0 Å². The number of benzene rings is 2. The fraction of sp³-hybridized carbons (Fsp3) is 0.500. The van der Waals surface area contributed by atoms with Crippen LogP contribution < -0.4 is 0 Å². The molecule has 1 saturated heterocycles. The summed E-state index contributed by atoms with van der Waals surface area (Å²) in [5.74, 6) is -0.0839. The minimum atomic E-state index is -0.441. The maximum atomic E-state index is 12.5. The van der Waals surface area contributed by atoms with Gasteiger partial charge in [0.25, 0.3) is 0 Å². The Morgan fingerprint density at radius 3 is 2.17 bits per heavy atom. The van der Waals surface area contributed by atoms with Crippen molar-refractivity contribution in [2.24, 2.45) is 0 Å². The molecular formula is C26H33NO2. The highest BCUT2D eigenvalue weighted by molar-refractivity contribution is 5.84. The van der Waals surface area contributed by atoms with E-state index in [9.17, 15) is 4.79 Å². The molecule has 0 unspecified atom stereocenters. The lowest BCUT2D eigenvalue weighted by molar-refractivity contribution is -0.147. The lowest BCUT2D eigenvalue weighted by Gasteiger charge is -2.26. The van der Waals surface area contributed by atoms with Crippen LogP contribution in [-0.2, 0) is 21.4 Å². The third-order valence-electron chi connectivity index (χ3n) is 7.14. The van der Waals surface area contributed by atoms with Crippen LogP contribution in [0.5, 0.6) is 0 Å². The molecule has 0 amide bonds. The van der Waals surface area contributed by atoms with Gasteiger partial charge in [0, 0.05) is 12.6 Å². The third kappa shape index (κ3) is 4.11. The van der Waals surface area contributed by atoms with Gasteiger partial charge in [0.1, 0.15) is 0 Å². The largest absolute Gasteiger partial charge is 0.468 e. The summed E-state index contributed by atoms with van der Waals surface area (Å²) < 4.78 is 5.14. The van der Waals surface area contributed by atoms with Crippen molar-refractivity contribution < 1.29 is 9.53 Å². The van der Waals surface area contributed by atoms with Crippen LogP contribution in [-0.4, -0.2) is 37.1 Å². The first kappa shape index (κ1) is 20.2. The number of hydrogen-bond acceptors (Lipinski definition) is 3. The molecule has 1 aliphatic carbocycles.